The lowest BCUT2D eigenvalue weighted by molar-refractivity contribution is -0.206. The molecule has 86 valence electrons. The van der Waals surface area contributed by atoms with Gasteiger partial charge in [-0.3, -0.25) is 0 Å². The second-order valence-electron chi connectivity index (χ2n) is 3.51. The molecule has 1 N–H and O–H groups in total. The van der Waals surface area contributed by atoms with Crippen molar-refractivity contribution in [2.75, 3.05) is 0 Å². The van der Waals surface area contributed by atoms with Crippen molar-refractivity contribution in [3.63, 3.8) is 0 Å². The molecule has 0 radical (unpaired) electrons. The average molecular weight is 230 g/mol. The Hall–Kier alpha value is -1.49. The van der Waals surface area contributed by atoms with Crippen LogP contribution in [0.4, 0.5) is 13.2 Å². The molecule has 0 aliphatic rings. The van der Waals surface area contributed by atoms with Crippen LogP contribution in [0.15, 0.2) is 28.7 Å². The van der Waals surface area contributed by atoms with E-state index in [1.165, 1.54) is 13.0 Å². The van der Waals surface area contributed by atoms with Crippen LogP contribution in [0.5, 0.6) is 0 Å². The quantitative estimate of drug-likeness (QED) is 0.815. The van der Waals surface area contributed by atoms with Crippen LogP contribution in [0.1, 0.15) is 17.4 Å². The predicted octanol–water partition coefficient (Wildman–Crippen LogP) is 3.34. The minimum atomic E-state index is -4.68. The molecule has 2 nitrogen and oxygen atoms in total. The summed E-state index contributed by atoms with van der Waals surface area (Å²) >= 11 is 0. The Morgan fingerprint density at radius 2 is 1.88 bits per heavy atom. The molecule has 1 aromatic heterocycles. The highest BCUT2D eigenvalue weighted by Crippen LogP contribution is 2.39. The van der Waals surface area contributed by atoms with Gasteiger partial charge in [0.25, 0.3) is 0 Å². The highest BCUT2D eigenvalue weighted by molar-refractivity contribution is 5.82. The molecular formula is C11H9F3O2. The van der Waals surface area contributed by atoms with Crippen LogP contribution in [-0.2, 0) is 0 Å². The zero-order valence-corrected chi connectivity index (χ0v) is 8.38. The van der Waals surface area contributed by atoms with Crippen molar-refractivity contribution in [1.82, 2.24) is 0 Å². The van der Waals surface area contributed by atoms with Crippen molar-refractivity contribution >= 4 is 11.0 Å². The van der Waals surface area contributed by atoms with Gasteiger partial charge in [-0.25, -0.2) is 0 Å². The highest BCUT2D eigenvalue weighted by atomic mass is 19.4. The van der Waals surface area contributed by atoms with E-state index in [-0.39, 0.29) is 11.3 Å². The van der Waals surface area contributed by atoms with Crippen LogP contribution in [-0.4, -0.2) is 11.3 Å². The Labute approximate surface area is 89.3 Å². The van der Waals surface area contributed by atoms with E-state index < -0.39 is 12.3 Å². The van der Waals surface area contributed by atoms with E-state index in [2.05, 4.69) is 0 Å². The van der Waals surface area contributed by atoms with Gasteiger partial charge in [0, 0.05) is 10.9 Å². The first-order valence-corrected chi connectivity index (χ1v) is 4.64. The van der Waals surface area contributed by atoms with Gasteiger partial charge < -0.3 is 9.52 Å². The molecule has 0 bridgehead atoms. The number of aliphatic hydroxyl groups is 1. The number of aliphatic hydroxyl groups excluding tert-OH is 1. The van der Waals surface area contributed by atoms with E-state index in [0.717, 1.165) is 0 Å². The topological polar surface area (TPSA) is 33.4 Å². The van der Waals surface area contributed by atoms with Crippen molar-refractivity contribution in [2.45, 2.75) is 19.2 Å². The summed E-state index contributed by atoms with van der Waals surface area (Å²) in [6.45, 7) is 1.41. The molecule has 2 aromatic rings. The normalized spacial score (nSPS) is 14.3. The number of furan rings is 1. The third kappa shape index (κ3) is 1.67. The SMILES string of the molecule is Cc1oc2ccccc2c1C(O)C(F)(F)F. The smallest absolute Gasteiger partial charge is 0.418 e. The second-order valence-corrected chi connectivity index (χ2v) is 3.51. The molecule has 2 rings (SSSR count). The van der Waals surface area contributed by atoms with Gasteiger partial charge in [-0.2, -0.15) is 13.2 Å². The number of alkyl halides is 3. The fourth-order valence-corrected chi connectivity index (χ4v) is 1.69. The van der Waals surface area contributed by atoms with Crippen molar-refractivity contribution in [3.05, 3.63) is 35.6 Å². The largest absolute Gasteiger partial charge is 0.461 e. The lowest BCUT2D eigenvalue weighted by Crippen LogP contribution is -2.20. The maximum absolute atomic E-state index is 12.4. The summed E-state index contributed by atoms with van der Waals surface area (Å²) in [5.41, 5.74) is 0.140. The summed E-state index contributed by atoms with van der Waals surface area (Å²) in [6, 6.07) is 6.32. The first kappa shape index (κ1) is 11.0. The zero-order valence-electron chi connectivity index (χ0n) is 8.38. The van der Waals surface area contributed by atoms with Crippen molar-refractivity contribution in [1.29, 1.82) is 0 Å². The number of benzene rings is 1. The van der Waals surface area contributed by atoms with Crippen LogP contribution in [0, 0.1) is 6.92 Å². The molecule has 5 heteroatoms. The van der Waals surface area contributed by atoms with Crippen LogP contribution < -0.4 is 0 Å². The fourth-order valence-electron chi connectivity index (χ4n) is 1.69. The predicted molar refractivity (Wildman–Crippen MR) is 52.0 cm³/mol. The fraction of sp³-hybridized carbons (Fsp3) is 0.273. The third-order valence-electron chi connectivity index (χ3n) is 2.40. The summed E-state index contributed by atoms with van der Waals surface area (Å²) in [6.07, 6.45) is -7.19. The highest BCUT2D eigenvalue weighted by Gasteiger charge is 2.42. The summed E-state index contributed by atoms with van der Waals surface area (Å²) in [4.78, 5) is 0. The summed E-state index contributed by atoms with van der Waals surface area (Å²) < 4.78 is 42.4. The minimum absolute atomic E-state index is 0.0889. The second kappa shape index (κ2) is 3.52. The number of halogens is 3. The Kier molecular flexibility index (Phi) is 2.42. The number of para-hydroxylation sites is 1. The molecule has 0 aliphatic heterocycles. The molecule has 1 heterocycles. The van der Waals surface area contributed by atoms with Crippen LogP contribution in [0.3, 0.4) is 0 Å². The molecule has 0 aliphatic carbocycles. The van der Waals surface area contributed by atoms with Crippen molar-refractivity contribution in [2.24, 2.45) is 0 Å². The molecule has 0 saturated carbocycles. The number of fused-ring (bicyclic) bond motifs is 1. The molecule has 1 aromatic carbocycles. The lowest BCUT2D eigenvalue weighted by atomic mass is 10.1. The molecule has 0 fully saturated rings. The van der Waals surface area contributed by atoms with Gasteiger partial charge in [-0.05, 0) is 13.0 Å². The van der Waals surface area contributed by atoms with E-state index in [1.807, 2.05) is 0 Å². The number of rotatable bonds is 1. The molecule has 0 saturated heterocycles. The van der Waals surface area contributed by atoms with E-state index in [9.17, 15) is 18.3 Å². The van der Waals surface area contributed by atoms with Crippen LogP contribution >= 0.6 is 0 Å². The Bertz CT molecular complexity index is 513. The van der Waals surface area contributed by atoms with Gasteiger partial charge in [-0.15, -0.1) is 0 Å². The van der Waals surface area contributed by atoms with Gasteiger partial charge in [0.1, 0.15) is 11.3 Å². The van der Waals surface area contributed by atoms with Gasteiger partial charge in [0.05, 0.1) is 0 Å². The molecule has 0 spiro atoms. The third-order valence-corrected chi connectivity index (χ3v) is 2.40. The number of aryl methyl sites for hydroxylation is 1. The van der Waals surface area contributed by atoms with Gasteiger partial charge in [0.15, 0.2) is 6.10 Å². The molecule has 1 unspecified atom stereocenters. The van der Waals surface area contributed by atoms with E-state index in [1.54, 1.807) is 18.2 Å². The molecule has 16 heavy (non-hydrogen) atoms. The number of hydrogen-bond donors (Lipinski definition) is 1. The summed E-state index contributed by atoms with van der Waals surface area (Å²) in [7, 11) is 0. The van der Waals surface area contributed by atoms with E-state index in [4.69, 9.17) is 4.42 Å². The first-order chi connectivity index (χ1) is 7.41. The standard InChI is InChI=1S/C11H9F3O2/c1-6-9(10(15)11(12,13)14)7-4-2-3-5-8(7)16-6/h2-5,10,15H,1H3. The van der Waals surface area contributed by atoms with E-state index >= 15 is 0 Å². The molecule has 0 amide bonds. The monoisotopic (exact) mass is 230 g/mol. The van der Waals surface area contributed by atoms with Gasteiger partial charge >= 0.3 is 6.18 Å². The maximum Gasteiger partial charge on any atom is 0.418 e. The van der Waals surface area contributed by atoms with Crippen molar-refractivity contribution < 1.29 is 22.7 Å². The van der Waals surface area contributed by atoms with Crippen LogP contribution in [0.2, 0.25) is 0 Å². The number of hydrogen-bond acceptors (Lipinski definition) is 2. The molecule has 1 atom stereocenters. The average Bonchev–Trinajstić information content (AvgIpc) is 2.51. The minimum Gasteiger partial charge on any atom is -0.461 e. The first-order valence-electron chi connectivity index (χ1n) is 4.64. The zero-order chi connectivity index (χ0) is 11.9. The molecular weight excluding hydrogens is 221 g/mol. The van der Waals surface area contributed by atoms with Gasteiger partial charge in [0.2, 0.25) is 0 Å². The van der Waals surface area contributed by atoms with Crippen LogP contribution in [0.25, 0.3) is 11.0 Å². The Balaban J connectivity index is 2.64. The Morgan fingerprint density at radius 3 is 2.50 bits per heavy atom. The van der Waals surface area contributed by atoms with Crippen molar-refractivity contribution in [3.8, 4) is 0 Å². The lowest BCUT2D eigenvalue weighted by Gasteiger charge is -2.14. The summed E-state index contributed by atoms with van der Waals surface area (Å²) in [5.74, 6) is 0.0889. The summed E-state index contributed by atoms with van der Waals surface area (Å²) in [5, 5.41) is 9.54. The maximum atomic E-state index is 12.4. The van der Waals surface area contributed by atoms with E-state index in [0.29, 0.717) is 11.0 Å². The van der Waals surface area contributed by atoms with Gasteiger partial charge in [-0.1, -0.05) is 18.2 Å². The Morgan fingerprint density at radius 1 is 1.25 bits per heavy atom.